The van der Waals surface area contributed by atoms with Crippen molar-refractivity contribution in [3.63, 3.8) is 0 Å². The van der Waals surface area contributed by atoms with Crippen molar-refractivity contribution in [2.45, 2.75) is 43.9 Å². The van der Waals surface area contributed by atoms with E-state index in [0.717, 1.165) is 49.9 Å². The number of piperidine rings is 1. The number of ether oxygens (including phenoxy) is 1. The first-order chi connectivity index (χ1) is 13.7. The van der Waals surface area contributed by atoms with Crippen LogP contribution in [0.25, 0.3) is 0 Å². The first-order valence-electron chi connectivity index (χ1n) is 9.41. The summed E-state index contributed by atoms with van der Waals surface area (Å²) in [7, 11) is 0. The molecule has 0 bridgehead atoms. The third-order valence-corrected chi connectivity index (χ3v) is 6.13. The predicted octanol–water partition coefficient (Wildman–Crippen LogP) is 2.07. The number of alkyl halides is 3. The summed E-state index contributed by atoms with van der Waals surface area (Å²) in [6, 6.07) is 0. The fourth-order valence-corrected chi connectivity index (χ4v) is 4.10. The molecule has 2 aliphatic heterocycles. The molecule has 3 heterocycles. The molecule has 1 atom stereocenters. The zero-order valence-corrected chi connectivity index (χ0v) is 16.5. The van der Waals surface area contributed by atoms with E-state index in [1.807, 2.05) is 0 Å². The van der Waals surface area contributed by atoms with Crippen LogP contribution in [0.3, 0.4) is 0 Å². The molecule has 2 saturated heterocycles. The molecule has 1 aliphatic carbocycles. The van der Waals surface area contributed by atoms with E-state index in [-0.39, 0.29) is 17.4 Å². The lowest BCUT2D eigenvalue weighted by Crippen LogP contribution is -2.44. The van der Waals surface area contributed by atoms with Crippen molar-refractivity contribution in [3.8, 4) is 0 Å². The lowest BCUT2D eigenvalue weighted by atomic mass is 9.85. The summed E-state index contributed by atoms with van der Waals surface area (Å²) >= 11 is 1.58. The SMILES string of the molecule is O=C(NCC1CC1)C1COC2(CCN(c3nncs3)CC2)C1.O=C(O)C(F)(F)F. The van der Waals surface area contributed by atoms with Crippen LogP contribution in [0.1, 0.15) is 32.1 Å². The molecule has 1 amide bonds. The van der Waals surface area contributed by atoms with E-state index in [0.29, 0.717) is 6.61 Å². The van der Waals surface area contributed by atoms with Crippen molar-refractivity contribution in [1.29, 1.82) is 0 Å². The molecule has 3 fully saturated rings. The number of hydrogen-bond acceptors (Lipinski definition) is 7. The molecule has 8 nitrogen and oxygen atoms in total. The van der Waals surface area contributed by atoms with Gasteiger partial charge in [0.15, 0.2) is 0 Å². The minimum Gasteiger partial charge on any atom is -0.475 e. The Balaban J connectivity index is 0.000000298. The lowest BCUT2D eigenvalue weighted by molar-refractivity contribution is -0.192. The van der Waals surface area contributed by atoms with Crippen LogP contribution in [0.4, 0.5) is 18.3 Å². The van der Waals surface area contributed by atoms with Gasteiger partial charge in [0.05, 0.1) is 18.1 Å². The third-order valence-electron chi connectivity index (χ3n) is 5.38. The second kappa shape index (κ2) is 8.82. The third kappa shape index (κ3) is 6.01. The van der Waals surface area contributed by atoms with Gasteiger partial charge in [-0.05, 0) is 38.0 Å². The van der Waals surface area contributed by atoms with Crippen LogP contribution in [0.2, 0.25) is 0 Å². The number of carbonyl (C=O) groups excluding carboxylic acids is 1. The van der Waals surface area contributed by atoms with Gasteiger partial charge in [0, 0.05) is 19.6 Å². The number of aromatic nitrogens is 2. The monoisotopic (exact) mass is 436 g/mol. The van der Waals surface area contributed by atoms with Gasteiger partial charge in [-0.3, -0.25) is 4.79 Å². The molecule has 1 saturated carbocycles. The van der Waals surface area contributed by atoms with E-state index in [1.54, 1.807) is 16.8 Å². The zero-order chi connectivity index (χ0) is 21.1. The summed E-state index contributed by atoms with van der Waals surface area (Å²) in [6.45, 7) is 3.31. The number of amides is 1. The van der Waals surface area contributed by atoms with Crippen molar-refractivity contribution in [3.05, 3.63) is 5.51 Å². The van der Waals surface area contributed by atoms with Gasteiger partial charge in [-0.1, -0.05) is 11.3 Å². The number of carboxylic acid groups (broad SMARTS) is 1. The Labute approximate surface area is 169 Å². The van der Waals surface area contributed by atoms with E-state index < -0.39 is 12.1 Å². The van der Waals surface area contributed by atoms with Gasteiger partial charge in [0.25, 0.3) is 0 Å². The maximum Gasteiger partial charge on any atom is 0.490 e. The number of rotatable bonds is 4. The maximum absolute atomic E-state index is 12.2. The van der Waals surface area contributed by atoms with Crippen LogP contribution in [0.5, 0.6) is 0 Å². The highest BCUT2D eigenvalue weighted by atomic mass is 32.1. The van der Waals surface area contributed by atoms with Crippen LogP contribution in [-0.2, 0) is 14.3 Å². The molecule has 0 radical (unpaired) electrons. The van der Waals surface area contributed by atoms with E-state index >= 15 is 0 Å². The smallest absolute Gasteiger partial charge is 0.475 e. The molecule has 162 valence electrons. The van der Waals surface area contributed by atoms with Crippen molar-refractivity contribution in [2.75, 3.05) is 31.1 Å². The quantitative estimate of drug-likeness (QED) is 0.745. The Kier molecular flexibility index (Phi) is 6.62. The van der Waals surface area contributed by atoms with Gasteiger partial charge in [-0.15, -0.1) is 10.2 Å². The summed E-state index contributed by atoms with van der Waals surface area (Å²) in [6.07, 6.45) is 0.269. The van der Waals surface area contributed by atoms with Crippen molar-refractivity contribution in [1.82, 2.24) is 15.5 Å². The van der Waals surface area contributed by atoms with E-state index in [2.05, 4.69) is 20.4 Å². The molecule has 1 aromatic heterocycles. The van der Waals surface area contributed by atoms with Gasteiger partial charge >= 0.3 is 12.1 Å². The van der Waals surface area contributed by atoms with Gasteiger partial charge in [0.2, 0.25) is 11.0 Å². The van der Waals surface area contributed by atoms with Gasteiger partial charge in [0.1, 0.15) is 5.51 Å². The van der Waals surface area contributed by atoms with Gasteiger partial charge in [-0.2, -0.15) is 13.2 Å². The molecule has 0 aromatic carbocycles. The number of aliphatic carboxylic acids is 1. The number of nitrogens with one attached hydrogen (secondary N) is 1. The highest BCUT2D eigenvalue weighted by Gasteiger charge is 2.45. The summed E-state index contributed by atoms with van der Waals surface area (Å²) in [4.78, 5) is 23.4. The Bertz CT molecular complexity index is 704. The average Bonchev–Trinajstić information content (AvgIpc) is 3.16. The minimum atomic E-state index is -5.08. The van der Waals surface area contributed by atoms with Gasteiger partial charge < -0.3 is 20.1 Å². The molecule has 2 N–H and O–H groups in total. The number of anilines is 1. The van der Waals surface area contributed by atoms with Crippen LogP contribution in [0.15, 0.2) is 5.51 Å². The number of halogens is 3. The van der Waals surface area contributed by atoms with Gasteiger partial charge in [-0.25, -0.2) is 4.79 Å². The number of carboxylic acids is 1. The highest BCUT2D eigenvalue weighted by molar-refractivity contribution is 7.13. The molecular weight excluding hydrogens is 413 g/mol. The average molecular weight is 436 g/mol. The molecule has 3 aliphatic rings. The number of carbonyl (C=O) groups is 2. The normalized spacial score (nSPS) is 23.4. The standard InChI is InChI=1S/C15H22N4O2S.C2HF3O2/c20-13(16-8-11-1-2-11)12-7-15(21-9-12)3-5-19(6-4-15)14-18-17-10-22-14;3-2(4,5)1(6)7/h10-12H,1-9H2,(H,16,20);(H,6,7). The van der Waals surface area contributed by atoms with E-state index in [9.17, 15) is 18.0 Å². The van der Waals surface area contributed by atoms with Crippen molar-refractivity contribution in [2.24, 2.45) is 11.8 Å². The largest absolute Gasteiger partial charge is 0.490 e. The topological polar surface area (TPSA) is 105 Å². The number of nitrogens with zero attached hydrogens (tertiary/aromatic N) is 3. The minimum absolute atomic E-state index is 0.0341. The summed E-state index contributed by atoms with van der Waals surface area (Å²) in [5.74, 6) is -1.80. The molecule has 1 spiro atoms. The van der Waals surface area contributed by atoms with E-state index in [4.69, 9.17) is 14.6 Å². The second-order valence-corrected chi connectivity index (χ2v) is 8.41. The predicted molar refractivity (Wildman–Crippen MR) is 97.6 cm³/mol. The number of hydrogen-bond donors (Lipinski definition) is 2. The van der Waals surface area contributed by atoms with Crippen LogP contribution in [0, 0.1) is 11.8 Å². The first-order valence-corrected chi connectivity index (χ1v) is 10.3. The molecule has 4 rings (SSSR count). The molecule has 29 heavy (non-hydrogen) atoms. The Morgan fingerprint density at radius 3 is 2.52 bits per heavy atom. The Morgan fingerprint density at radius 1 is 1.34 bits per heavy atom. The van der Waals surface area contributed by atoms with Crippen LogP contribution >= 0.6 is 11.3 Å². The van der Waals surface area contributed by atoms with E-state index in [1.165, 1.54) is 12.8 Å². The summed E-state index contributed by atoms with van der Waals surface area (Å²) in [5.41, 5.74) is 1.68. The molecule has 12 heteroatoms. The maximum atomic E-state index is 12.2. The molecule has 1 aromatic rings. The highest BCUT2D eigenvalue weighted by Crippen LogP contribution is 2.40. The summed E-state index contributed by atoms with van der Waals surface area (Å²) in [5, 5.41) is 19.2. The molecular formula is C17H23F3N4O4S. The van der Waals surface area contributed by atoms with Crippen molar-refractivity contribution < 1.29 is 32.6 Å². The van der Waals surface area contributed by atoms with Crippen molar-refractivity contribution >= 4 is 28.3 Å². The fourth-order valence-electron chi connectivity index (χ4n) is 3.48. The first kappa shape index (κ1) is 21.8. The zero-order valence-electron chi connectivity index (χ0n) is 15.7. The van der Waals surface area contributed by atoms with Crippen LogP contribution in [-0.4, -0.2) is 65.2 Å². The Hall–Kier alpha value is -1.95. The summed E-state index contributed by atoms with van der Waals surface area (Å²) < 4.78 is 37.8. The second-order valence-electron chi connectivity index (χ2n) is 7.59. The van der Waals surface area contributed by atoms with Crippen LogP contribution < -0.4 is 10.2 Å². The fraction of sp³-hybridized carbons (Fsp3) is 0.765. The Morgan fingerprint density at radius 2 is 2.00 bits per heavy atom. The molecule has 1 unspecified atom stereocenters. The lowest BCUT2D eigenvalue weighted by Gasteiger charge is -2.38.